The molecule has 118 valence electrons. The Kier molecular flexibility index (Phi) is 4.46. The molecule has 4 atom stereocenters. The number of carbonyl (C=O) groups excluding carboxylic acids is 2. The van der Waals surface area contributed by atoms with E-state index in [0.29, 0.717) is 17.2 Å². The molecule has 1 aromatic carbocycles. The molecule has 2 aliphatic rings. The molecule has 0 aliphatic heterocycles. The molecule has 4 unspecified atom stereocenters. The summed E-state index contributed by atoms with van der Waals surface area (Å²) in [4.78, 5) is 22.6. The molecule has 4 nitrogen and oxygen atoms in total. The molecule has 1 amide bonds. The highest BCUT2D eigenvalue weighted by Gasteiger charge is 2.42. The number of aldehydes is 1. The van der Waals surface area contributed by atoms with Gasteiger partial charge in [0.25, 0.3) is 5.91 Å². The summed E-state index contributed by atoms with van der Waals surface area (Å²) in [5.74, 6) is 2.86. The molecule has 1 N–H and O–H groups in total. The number of rotatable bonds is 6. The Hall–Kier alpha value is -1.84. The van der Waals surface area contributed by atoms with E-state index < -0.39 is 0 Å². The minimum Gasteiger partial charge on any atom is -0.484 e. The highest BCUT2D eigenvalue weighted by atomic mass is 16.5. The molecule has 0 saturated heterocycles. The number of amides is 1. The molecule has 2 bridgehead atoms. The van der Waals surface area contributed by atoms with Gasteiger partial charge in [0.15, 0.2) is 6.61 Å². The van der Waals surface area contributed by atoms with Gasteiger partial charge in [0.1, 0.15) is 12.0 Å². The molecule has 0 aromatic heterocycles. The van der Waals surface area contributed by atoms with Crippen molar-refractivity contribution in [1.29, 1.82) is 0 Å². The zero-order valence-corrected chi connectivity index (χ0v) is 13.0. The van der Waals surface area contributed by atoms with Crippen molar-refractivity contribution in [2.24, 2.45) is 17.8 Å². The standard InChI is InChI=1S/C18H23NO3/c1-12(17-9-14-2-5-15(17)8-14)19-18(21)11-22-16-6-3-13(10-20)4-7-16/h3-4,6-7,10,12,14-15,17H,2,5,8-9,11H2,1H3,(H,19,21). The van der Waals surface area contributed by atoms with Crippen molar-refractivity contribution in [2.45, 2.75) is 38.6 Å². The predicted octanol–water partition coefficient (Wildman–Crippen LogP) is 2.82. The van der Waals surface area contributed by atoms with Gasteiger partial charge in [-0.2, -0.15) is 0 Å². The average Bonchev–Trinajstić information content (AvgIpc) is 3.16. The first-order chi connectivity index (χ1) is 10.7. The van der Waals surface area contributed by atoms with Gasteiger partial charge < -0.3 is 10.1 Å². The Balaban J connectivity index is 1.44. The van der Waals surface area contributed by atoms with E-state index in [4.69, 9.17) is 4.74 Å². The number of hydrogen-bond acceptors (Lipinski definition) is 3. The zero-order valence-electron chi connectivity index (χ0n) is 13.0. The average molecular weight is 301 g/mol. The number of benzene rings is 1. The van der Waals surface area contributed by atoms with E-state index >= 15 is 0 Å². The van der Waals surface area contributed by atoms with E-state index in [1.807, 2.05) is 0 Å². The van der Waals surface area contributed by atoms with E-state index in [1.54, 1.807) is 24.3 Å². The molecule has 1 aromatic rings. The number of ether oxygens (including phenoxy) is 1. The van der Waals surface area contributed by atoms with Crippen LogP contribution in [0.3, 0.4) is 0 Å². The Morgan fingerprint density at radius 3 is 2.68 bits per heavy atom. The molecule has 2 fully saturated rings. The van der Waals surface area contributed by atoms with Gasteiger partial charge in [-0.05, 0) is 68.2 Å². The van der Waals surface area contributed by atoms with Crippen molar-refractivity contribution in [2.75, 3.05) is 6.61 Å². The Bertz CT molecular complexity index is 540. The normalized spacial score (nSPS) is 27.4. The summed E-state index contributed by atoms with van der Waals surface area (Å²) in [5, 5.41) is 3.08. The van der Waals surface area contributed by atoms with Crippen LogP contribution in [0.25, 0.3) is 0 Å². The first-order valence-electron chi connectivity index (χ1n) is 8.13. The van der Waals surface area contributed by atoms with Gasteiger partial charge in [0.2, 0.25) is 0 Å². The second-order valence-electron chi connectivity index (χ2n) is 6.67. The largest absolute Gasteiger partial charge is 0.484 e. The van der Waals surface area contributed by atoms with Crippen molar-refractivity contribution in [3.05, 3.63) is 29.8 Å². The van der Waals surface area contributed by atoms with Crippen LogP contribution in [0.2, 0.25) is 0 Å². The first kappa shape index (κ1) is 15.1. The van der Waals surface area contributed by atoms with Gasteiger partial charge in [-0.25, -0.2) is 0 Å². The summed E-state index contributed by atoms with van der Waals surface area (Å²) in [5.41, 5.74) is 0.599. The maximum atomic E-state index is 12.0. The number of hydrogen-bond donors (Lipinski definition) is 1. The highest BCUT2D eigenvalue weighted by Crippen LogP contribution is 2.49. The van der Waals surface area contributed by atoms with E-state index in [2.05, 4.69) is 12.2 Å². The Morgan fingerprint density at radius 2 is 2.09 bits per heavy atom. The van der Waals surface area contributed by atoms with E-state index in [-0.39, 0.29) is 18.6 Å². The summed E-state index contributed by atoms with van der Waals surface area (Å²) in [6.07, 6.45) is 6.11. The number of fused-ring (bicyclic) bond motifs is 2. The molecule has 2 saturated carbocycles. The predicted molar refractivity (Wildman–Crippen MR) is 83.9 cm³/mol. The van der Waals surface area contributed by atoms with Gasteiger partial charge in [-0.3, -0.25) is 9.59 Å². The van der Waals surface area contributed by atoms with E-state index in [1.165, 1.54) is 25.7 Å². The minimum absolute atomic E-state index is 0.0194. The van der Waals surface area contributed by atoms with Gasteiger partial charge in [0.05, 0.1) is 0 Å². The van der Waals surface area contributed by atoms with E-state index in [9.17, 15) is 9.59 Å². The van der Waals surface area contributed by atoms with Gasteiger partial charge in [-0.15, -0.1) is 0 Å². The maximum Gasteiger partial charge on any atom is 0.258 e. The van der Waals surface area contributed by atoms with Crippen LogP contribution in [-0.2, 0) is 4.79 Å². The smallest absolute Gasteiger partial charge is 0.258 e. The second-order valence-corrected chi connectivity index (χ2v) is 6.67. The van der Waals surface area contributed by atoms with Crippen LogP contribution in [0.15, 0.2) is 24.3 Å². The molecule has 4 heteroatoms. The quantitative estimate of drug-likeness (QED) is 0.822. The van der Waals surface area contributed by atoms with Crippen molar-refractivity contribution in [3.63, 3.8) is 0 Å². The third-order valence-corrected chi connectivity index (χ3v) is 5.21. The summed E-state index contributed by atoms with van der Waals surface area (Å²) >= 11 is 0. The lowest BCUT2D eigenvalue weighted by Crippen LogP contribution is -2.42. The topological polar surface area (TPSA) is 55.4 Å². The van der Waals surface area contributed by atoms with Crippen molar-refractivity contribution < 1.29 is 14.3 Å². The van der Waals surface area contributed by atoms with Gasteiger partial charge in [-0.1, -0.05) is 6.42 Å². The zero-order chi connectivity index (χ0) is 15.5. The third-order valence-electron chi connectivity index (χ3n) is 5.21. The number of carbonyl (C=O) groups is 2. The molecule has 0 heterocycles. The van der Waals surface area contributed by atoms with Crippen molar-refractivity contribution in [1.82, 2.24) is 5.32 Å². The summed E-state index contributed by atoms with van der Waals surface area (Å²) in [6, 6.07) is 6.99. The lowest BCUT2D eigenvalue weighted by Gasteiger charge is -2.28. The van der Waals surface area contributed by atoms with Crippen molar-refractivity contribution >= 4 is 12.2 Å². The van der Waals surface area contributed by atoms with Crippen molar-refractivity contribution in [3.8, 4) is 5.75 Å². The lowest BCUT2D eigenvalue weighted by molar-refractivity contribution is -0.124. The maximum absolute atomic E-state index is 12.0. The number of nitrogens with one attached hydrogen (secondary N) is 1. The fourth-order valence-corrected chi connectivity index (χ4v) is 4.10. The van der Waals surface area contributed by atoms with E-state index in [0.717, 1.165) is 18.1 Å². The Morgan fingerprint density at radius 1 is 1.32 bits per heavy atom. The minimum atomic E-state index is -0.0743. The summed E-state index contributed by atoms with van der Waals surface area (Å²) < 4.78 is 5.46. The Labute approximate surface area is 131 Å². The molecule has 0 spiro atoms. The van der Waals surface area contributed by atoms with Crippen LogP contribution in [0.1, 0.15) is 43.0 Å². The molecular formula is C18H23NO3. The van der Waals surface area contributed by atoms with Gasteiger partial charge >= 0.3 is 0 Å². The van der Waals surface area contributed by atoms with Crippen LogP contribution in [0.5, 0.6) is 5.75 Å². The van der Waals surface area contributed by atoms with Crippen LogP contribution in [0, 0.1) is 17.8 Å². The fraction of sp³-hybridized carbons (Fsp3) is 0.556. The summed E-state index contributed by atoms with van der Waals surface area (Å²) in [6.45, 7) is 2.13. The summed E-state index contributed by atoms with van der Waals surface area (Å²) in [7, 11) is 0. The molecule has 3 rings (SSSR count). The molecule has 0 radical (unpaired) electrons. The third kappa shape index (κ3) is 3.32. The fourth-order valence-electron chi connectivity index (χ4n) is 4.10. The monoisotopic (exact) mass is 301 g/mol. The molecule has 2 aliphatic carbocycles. The first-order valence-corrected chi connectivity index (χ1v) is 8.13. The molecule has 22 heavy (non-hydrogen) atoms. The lowest BCUT2D eigenvalue weighted by atomic mass is 9.84. The SMILES string of the molecule is CC(NC(=O)COc1ccc(C=O)cc1)C1CC2CCC1C2. The van der Waals surface area contributed by atoms with Crippen LogP contribution >= 0.6 is 0 Å². The second kappa shape index (κ2) is 6.51. The molecular weight excluding hydrogens is 278 g/mol. The van der Waals surface area contributed by atoms with Crippen LogP contribution < -0.4 is 10.1 Å². The van der Waals surface area contributed by atoms with Crippen LogP contribution in [0.4, 0.5) is 0 Å². The highest BCUT2D eigenvalue weighted by molar-refractivity contribution is 5.78. The van der Waals surface area contributed by atoms with Gasteiger partial charge in [0, 0.05) is 11.6 Å². The van der Waals surface area contributed by atoms with Crippen LogP contribution in [-0.4, -0.2) is 24.8 Å².